The lowest BCUT2D eigenvalue weighted by Crippen LogP contribution is -2.13. The molecule has 1 heteroatoms. The molecule has 0 N–H and O–H groups in total. The van der Waals surface area contributed by atoms with Gasteiger partial charge in [-0.15, -0.1) is 0 Å². The number of para-hydroxylation sites is 1. The molecule has 1 aliphatic carbocycles. The Labute approximate surface area is 359 Å². The first-order valence-corrected chi connectivity index (χ1v) is 22.0. The number of rotatable bonds is 8. The molecule has 0 heterocycles. The Balaban J connectivity index is 1.15. The van der Waals surface area contributed by atoms with Gasteiger partial charge in [0, 0.05) is 16.8 Å². The smallest absolute Gasteiger partial charge is 0.0546 e. The zero-order valence-electron chi connectivity index (χ0n) is 34.3. The van der Waals surface area contributed by atoms with Crippen molar-refractivity contribution in [3.63, 3.8) is 0 Å². The molecular formula is C60H47N. The highest BCUT2D eigenvalue weighted by atomic mass is 15.1. The predicted molar refractivity (Wildman–Crippen MR) is 261 cm³/mol. The van der Waals surface area contributed by atoms with Crippen LogP contribution in [0.15, 0.2) is 218 Å². The second-order valence-corrected chi connectivity index (χ2v) is 16.6. The second kappa shape index (κ2) is 16.1. The topological polar surface area (TPSA) is 3.24 Å². The van der Waals surface area contributed by atoms with Gasteiger partial charge in [-0.05, 0) is 114 Å². The number of anilines is 3. The summed E-state index contributed by atoms with van der Waals surface area (Å²) >= 11 is 0. The summed E-state index contributed by atoms with van der Waals surface area (Å²) in [6, 6.07) is 80.8. The Hall–Kier alpha value is -7.22. The van der Waals surface area contributed by atoms with E-state index in [0.717, 1.165) is 17.1 Å². The molecule has 0 radical (unpaired) electrons. The molecule has 0 aromatic heterocycles. The maximum atomic E-state index is 2.52. The quantitative estimate of drug-likeness (QED) is 0.139. The van der Waals surface area contributed by atoms with Crippen LogP contribution in [-0.2, 0) is 0 Å². The van der Waals surface area contributed by atoms with Gasteiger partial charge in [0.2, 0.25) is 0 Å². The van der Waals surface area contributed by atoms with Gasteiger partial charge in [0.1, 0.15) is 0 Å². The SMILES string of the molecule is c1ccc(-c2cccc(N(c3ccc(-c4cccc5c4ccc4ccccc45)cc3)c3ccccc3-c3cccc4cccc(C5CCCCC5)c34)c2-c2ccccc2)cc1. The zero-order valence-corrected chi connectivity index (χ0v) is 34.3. The molecule has 0 aliphatic heterocycles. The third kappa shape index (κ3) is 6.77. The molecule has 292 valence electrons. The van der Waals surface area contributed by atoms with E-state index < -0.39 is 0 Å². The van der Waals surface area contributed by atoms with Gasteiger partial charge >= 0.3 is 0 Å². The van der Waals surface area contributed by atoms with E-state index in [2.05, 4.69) is 223 Å². The zero-order chi connectivity index (χ0) is 40.5. The highest BCUT2D eigenvalue weighted by molar-refractivity contribution is 6.12. The van der Waals surface area contributed by atoms with E-state index in [0.29, 0.717) is 5.92 Å². The number of benzene rings is 10. The van der Waals surface area contributed by atoms with E-state index in [1.54, 1.807) is 0 Å². The van der Waals surface area contributed by atoms with Gasteiger partial charge in [-0.2, -0.15) is 0 Å². The van der Waals surface area contributed by atoms with Crippen molar-refractivity contribution in [3.8, 4) is 44.5 Å². The number of fused-ring (bicyclic) bond motifs is 4. The van der Waals surface area contributed by atoms with E-state index in [9.17, 15) is 0 Å². The number of hydrogen-bond donors (Lipinski definition) is 0. The van der Waals surface area contributed by atoms with Crippen molar-refractivity contribution in [2.45, 2.75) is 38.0 Å². The lowest BCUT2D eigenvalue weighted by atomic mass is 9.80. The van der Waals surface area contributed by atoms with Crippen LogP contribution in [0.4, 0.5) is 17.1 Å². The third-order valence-electron chi connectivity index (χ3n) is 13.1. The molecule has 0 saturated heterocycles. The van der Waals surface area contributed by atoms with Crippen LogP contribution in [0.5, 0.6) is 0 Å². The standard InChI is InChI=1S/C60H47N/c1-4-18-42(19-5-1)51-30-14-25-46-26-15-33-56(59(46)51)55-28-12-13-34-57(55)61(58-35-17-31-52(43-20-6-2-7-21-43)60(58)47-23-8-3-9-24-47)48-39-36-45(37-40-48)50-29-16-32-53-49-27-11-10-22-44(49)38-41-54(50)53/h2-3,6-17,20-42H,1,4-5,18-19H2. The van der Waals surface area contributed by atoms with Crippen molar-refractivity contribution in [1.29, 1.82) is 0 Å². The first-order chi connectivity index (χ1) is 30.3. The summed E-state index contributed by atoms with van der Waals surface area (Å²) < 4.78 is 0. The Morgan fingerprint density at radius 2 is 0.902 bits per heavy atom. The summed E-state index contributed by atoms with van der Waals surface area (Å²) in [6.45, 7) is 0. The van der Waals surface area contributed by atoms with Gasteiger partial charge in [0.05, 0.1) is 11.4 Å². The van der Waals surface area contributed by atoms with Gasteiger partial charge in [-0.1, -0.05) is 213 Å². The maximum Gasteiger partial charge on any atom is 0.0546 e. The van der Waals surface area contributed by atoms with Gasteiger partial charge < -0.3 is 4.90 Å². The molecular weight excluding hydrogens is 735 g/mol. The van der Waals surface area contributed by atoms with Crippen molar-refractivity contribution in [2.24, 2.45) is 0 Å². The van der Waals surface area contributed by atoms with E-state index in [1.165, 1.54) is 114 Å². The minimum atomic E-state index is 0.578. The van der Waals surface area contributed by atoms with Gasteiger partial charge in [0.25, 0.3) is 0 Å². The van der Waals surface area contributed by atoms with Crippen molar-refractivity contribution in [1.82, 2.24) is 0 Å². The Morgan fingerprint density at radius 3 is 1.72 bits per heavy atom. The summed E-state index contributed by atoms with van der Waals surface area (Å²) in [5.74, 6) is 0.578. The molecule has 61 heavy (non-hydrogen) atoms. The van der Waals surface area contributed by atoms with Crippen LogP contribution >= 0.6 is 0 Å². The molecule has 0 unspecified atom stereocenters. The van der Waals surface area contributed by atoms with E-state index in [4.69, 9.17) is 0 Å². The first kappa shape index (κ1) is 36.8. The predicted octanol–water partition coefficient (Wildman–Crippen LogP) is 17.3. The third-order valence-corrected chi connectivity index (χ3v) is 13.1. The fourth-order valence-electron chi connectivity index (χ4n) is 10.2. The van der Waals surface area contributed by atoms with Gasteiger partial charge in [-0.25, -0.2) is 0 Å². The lowest BCUT2D eigenvalue weighted by molar-refractivity contribution is 0.445. The molecule has 1 aliphatic rings. The maximum absolute atomic E-state index is 2.52. The molecule has 1 nitrogen and oxygen atoms in total. The minimum Gasteiger partial charge on any atom is -0.309 e. The Bertz CT molecular complexity index is 3150. The summed E-state index contributed by atoms with van der Waals surface area (Å²) in [6.07, 6.45) is 6.46. The largest absolute Gasteiger partial charge is 0.309 e. The van der Waals surface area contributed by atoms with Gasteiger partial charge in [-0.3, -0.25) is 0 Å². The molecule has 1 fully saturated rings. The molecule has 10 aromatic carbocycles. The average Bonchev–Trinajstić information content (AvgIpc) is 3.34. The van der Waals surface area contributed by atoms with Crippen molar-refractivity contribution >= 4 is 49.4 Å². The molecule has 0 atom stereocenters. The first-order valence-electron chi connectivity index (χ1n) is 22.0. The molecule has 10 aromatic rings. The fourth-order valence-corrected chi connectivity index (χ4v) is 10.2. The van der Waals surface area contributed by atoms with Crippen LogP contribution in [0, 0.1) is 0 Å². The summed E-state index contributed by atoms with van der Waals surface area (Å²) in [4.78, 5) is 2.52. The highest BCUT2D eigenvalue weighted by Gasteiger charge is 2.25. The Morgan fingerprint density at radius 1 is 0.328 bits per heavy atom. The van der Waals surface area contributed by atoms with E-state index >= 15 is 0 Å². The summed E-state index contributed by atoms with van der Waals surface area (Å²) in [5, 5.41) is 7.80. The summed E-state index contributed by atoms with van der Waals surface area (Å²) in [5.41, 5.74) is 14.6. The molecule has 0 spiro atoms. The number of nitrogens with zero attached hydrogens (tertiary/aromatic N) is 1. The molecule has 11 rings (SSSR count). The van der Waals surface area contributed by atoms with Crippen LogP contribution in [0.1, 0.15) is 43.6 Å². The number of hydrogen-bond acceptors (Lipinski definition) is 1. The van der Waals surface area contributed by atoms with Crippen molar-refractivity contribution in [2.75, 3.05) is 4.90 Å². The fraction of sp³-hybridized carbons (Fsp3) is 0.100. The molecule has 1 saturated carbocycles. The van der Waals surface area contributed by atoms with Crippen LogP contribution in [0.25, 0.3) is 76.8 Å². The van der Waals surface area contributed by atoms with Crippen LogP contribution in [0.2, 0.25) is 0 Å². The Kier molecular flexibility index (Phi) is 9.71. The normalized spacial score (nSPS) is 13.2. The second-order valence-electron chi connectivity index (χ2n) is 16.6. The molecule has 0 amide bonds. The van der Waals surface area contributed by atoms with Crippen molar-refractivity contribution in [3.05, 3.63) is 224 Å². The van der Waals surface area contributed by atoms with Crippen LogP contribution in [-0.4, -0.2) is 0 Å². The monoisotopic (exact) mass is 781 g/mol. The van der Waals surface area contributed by atoms with E-state index in [-0.39, 0.29) is 0 Å². The van der Waals surface area contributed by atoms with Gasteiger partial charge in [0.15, 0.2) is 0 Å². The average molecular weight is 782 g/mol. The molecule has 0 bridgehead atoms. The van der Waals surface area contributed by atoms with Crippen LogP contribution in [0.3, 0.4) is 0 Å². The van der Waals surface area contributed by atoms with E-state index in [1.807, 2.05) is 0 Å². The lowest BCUT2D eigenvalue weighted by Gasteiger charge is -2.31. The van der Waals surface area contributed by atoms with Crippen molar-refractivity contribution < 1.29 is 0 Å². The minimum absolute atomic E-state index is 0.578. The highest BCUT2D eigenvalue weighted by Crippen LogP contribution is 2.50. The summed E-state index contributed by atoms with van der Waals surface area (Å²) in [7, 11) is 0. The van der Waals surface area contributed by atoms with Crippen LogP contribution < -0.4 is 4.90 Å².